The topological polar surface area (TPSA) is 52.6 Å². The highest BCUT2D eigenvalue weighted by Gasteiger charge is 2.23. The minimum absolute atomic E-state index is 0.176. The maximum Gasteiger partial charge on any atom is 0.340 e. The van der Waals surface area contributed by atoms with Crippen molar-refractivity contribution in [2.45, 2.75) is 0 Å². The molecule has 1 aliphatic rings. The third-order valence-corrected chi connectivity index (χ3v) is 4.83. The fourth-order valence-electron chi connectivity index (χ4n) is 1.94. The van der Waals surface area contributed by atoms with E-state index in [-0.39, 0.29) is 15.6 Å². The van der Waals surface area contributed by atoms with E-state index in [1.165, 1.54) is 7.11 Å². The number of rotatable bonds is 2. The number of benzene rings is 1. The average Bonchev–Trinajstić information content (AvgIpc) is 2.38. The van der Waals surface area contributed by atoms with Gasteiger partial charge in [-0.3, -0.25) is 0 Å². The van der Waals surface area contributed by atoms with Gasteiger partial charge in [0.05, 0.1) is 35.8 Å². The second-order valence-corrected chi connectivity index (χ2v) is 6.62. The molecule has 19 heavy (non-hydrogen) atoms. The molecule has 0 bridgehead atoms. The third-order valence-electron chi connectivity index (χ3n) is 2.96. The molecule has 0 saturated carbocycles. The number of anilines is 1. The van der Waals surface area contributed by atoms with Crippen molar-refractivity contribution < 1.29 is 14.1 Å². The Balaban J connectivity index is 2.27. The van der Waals surface area contributed by atoms with Crippen LogP contribution in [0.25, 0.3) is 0 Å². The number of hydrogen-bond acceptors (Lipinski definition) is 4. The number of carbonyl (C=O) groups is 1. The van der Waals surface area contributed by atoms with Crippen LogP contribution in [0.15, 0.2) is 12.1 Å². The Bertz CT molecular complexity index is 467. The summed E-state index contributed by atoms with van der Waals surface area (Å²) in [5.74, 6) is 0.712. The monoisotopic (exact) mass is 321 g/mol. The zero-order chi connectivity index (χ0) is 14.0. The highest BCUT2D eigenvalue weighted by atomic mass is 35.5. The molecule has 0 aliphatic carbocycles. The lowest BCUT2D eigenvalue weighted by Crippen LogP contribution is -2.40. The van der Waals surface area contributed by atoms with Gasteiger partial charge in [0.1, 0.15) is 11.5 Å². The van der Waals surface area contributed by atoms with Crippen LogP contribution >= 0.6 is 23.2 Å². The number of methoxy groups -OCH3 is 1. The number of ether oxygens (including phenoxy) is 1. The molecule has 1 aliphatic heterocycles. The largest absolute Gasteiger partial charge is 0.616 e. The maximum absolute atomic E-state index is 11.5. The zero-order valence-electron chi connectivity index (χ0n) is 10.3. The standard InChI is InChI=1S/C12H13Cl2NO3S/c1-18-12(16)11-9(13)6-8(7-10(11)14)15-2-4-19(17)5-3-15/h6-7H,2-5H2,1H3. The molecule has 7 heteroatoms. The van der Waals surface area contributed by atoms with Crippen molar-refractivity contribution in [2.24, 2.45) is 0 Å². The van der Waals surface area contributed by atoms with Crippen LogP contribution in [-0.4, -0.2) is 42.2 Å². The van der Waals surface area contributed by atoms with Crippen LogP contribution < -0.4 is 4.90 Å². The van der Waals surface area contributed by atoms with Gasteiger partial charge >= 0.3 is 5.97 Å². The van der Waals surface area contributed by atoms with E-state index in [1.54, 1.807) is 12.1 Å². The summed E-state index contributed by atoms with van der Waals surface area (Å²) in [4.78, 5) is 13.6. The Morgan fingerprint density at radius 2 is 1.84 bits per heavy atom. The molecule has 0 aromatic heterocycles. The lowest BCUT2D eigenvalue weighted by molar-refractivity contribution is 0.0601. The van der Waals surface area contributed by atoms with Gasteiger partial charge in [-0.25, -0.2) is 4.79 Å². The first kappa shape index (κ1) is 14.8. The van der Waals surface area contributed by atoms with Gasteiger partial charge < -0.3 is 14.2 Å². The fourth-order valence-corrected chi connectivity index (χ4v) is 3.62. The summed E-state index contributed by atoms with van der Waals surface area (Å²) in [7, 11) is 1.28. The summed E-state index contributed by atoms with van der Waals surface area (Å²) in [6.07, 6.45) is 0. The predicted octanol–water partition coefficient (Wildman–Crippen LogP) is 2.35. The van der Waals surface area contributed by atoms with Crippen molar-refractivity contribution in [3.05, 3.63) is 27.7 Å². The van der Waals surface area contributed by atoms with Crippen molar-refractivity contribution in [1.82, 2.24) is 0 Å². The molecular formula is C12H13Cl2NO3S. The third kappa shape index (κ3) is 3.28. The van der Waals surface area contributed by atoms with Crippen LogP contribution in [0.4, 0.5) is 5.69 Å². The first-order valence-electron chi connectivity index (χ1n) is 5.70. The van der Waals surface area contributed by atoms with Gasteiger partial charge in [-0.2, -0.15) is 0 Å². The second kappa shape index (κ2) is 6.22. The molecule has 1 fully saturated rings. The van der Waals surface area contributed by atoms with Crippen LogP contribution in [-0.2, 0) is 15.9 Å². The molecular weight excluding hydrogens is 309 g/mol. The molecule has 4 nitrogen and oxygen atoms in total. The number of carbonyl (C=O) groups excluding carboxylic acids is 1. The van der Waals surface area contributed by atoms with E-state index in [1.807, 2.05) is 0 Å². The van der Waals surface area contributed by atoms with E-state index in [9.17, 15) is 9.35 Å². The van der Waals surface area contributed by atoms with Gasteiger partial charge in [-0.1, -0.05) is 34.4 Å². The van der Waals surface area contributed by atoms with Crippen molar-refractivity contribution in [1.29, 1.82) is 0 Å². The van der Waals surface area contributed by atoms with E-state index in [0.29, 0.717) is 24.6 Å². The van der Waals surface area contributed by atoms with Gasteiger partial charge in [-0.15, -0.1) is 0 Å². The smallest absolute Gasteiger partial charge is 0.340 e. The van der Waals surface area contributed by atoms with Crippen LogP contribution in [0.2, 0.25) is 10.0 Å². The molecule has 1 saturated heterocycles. The first-order valence-corrected chi connectivity index (χ1v) is 7.94. The van der Waals surface area contributed by atoms with E-state index in [2.05, 4.69) is 9.64 Å². The first-order chi connectivity index (χ1) is 9.02. The van der Waals surface area contributed by atoms with Crippen molar-refractivity contribution >= 4 is 46.0 Å². The Morgan fingerprint density at radius 1 is 1.32 bits per heavy atom. The Morgan fingerprint density at radius 3 is 2.32 bits per heavy atom. The molecule has 0 N–H and O–H groups in total. The highest BCUT2D eigenvalue weighted by Crippen LogP contribution is 2.32. The molecule has 1 aromatic carbocycles. The Kier molecular flexibility index (Phi) is 4.84. The van der Waals surface area contributed by atoms with Gasteiger partial charge in [0.15, 0.2) is 0 Å². The predicted molar refractivity (Wildman–Crippen MR) is 77.9 cm³/mol. The SMILES string of the molecule is COC(=O)c1c(Cl)cc(N2CC[S+]([O-])CC2)cc1Cl. The van der Waals surface area contributed by atoms with Gasteiger partial charge in [0.2, 0.25) is 0 Å². The molecule has 0 unspecified atom stereocenters. The van der Waals surface area contributed by atoms with Crippen molar-refractivity contribution in [2.75, 3.05) is 36.6 Å². The molecule has 104 valence electrons. The van der Waals surface area contributed by atoms with Crippen LogP contribution in [0.3, 0.4) is 0 Å². The van der Waals surface area contributed by atoms with Gasteiger partial charge in [0.25, 0.3) is 0 Å². The molecule has 0 radical (unpaired) electrons. The fraction of sp³-hybridized carbons (Fsp3) is 0.417. The van der Waals surface area contributed by atoms with E-state index in [4.69, 9.17) is 23.2 Å². The molecule has 0 amide bonds. The van der Waals surface area contributed by atoms with E-state index < -0.39 is 17.1 Å². The lowest BCUT2D eigenvalue weighted by atomic mass is 10.2. The van der Waals surface area contributed by atoms with E-state index in [0.717, 1.165) is 5.69 Å². The summed E-state index contributed by atoms with van der Waals surface area (Å²) in [6, 6.07) is 3.38. The second-order valence-electron chi connectivity index (χ2n) is 4.11. The summed E-state index contributed by atoms with van der Waals surface area (Å²) >= 11 is 11.4. The summed E-state index contributed by atoms with van der Waals surface area (Å²) in [6.45, 7) is 1.38. The molecule has 0 spiro atoms. The molecule has 2 rings (SSSR count). The summed E-state index contributed by atoms with van der Waals surface area (Å²) < 4.78 is 16.0. The molecule has 1 heterocycles. The highest BCUT2D eigenvalue weighted by molar-refractivity contribution is 7.91. The number of hydrogen-bond donors (Lipinski definition) is 0. The van der Waals surface area contributed by atoms with Crippen LogP contribution in [0.5, 0.6) is 0 Å². The summed E-state index contributed by atoms with van der Waals surface area (Å²) in [5, 5.41) is 0.530. The van der Waals surface area contributed by atoms with Crippen molar-refractivity contribution in [3.8, 4) is 0 Å². The lowest BCUT2D eigenvalue weighted by Gasteiger charge is -2.30. The minimum Gasteiger partial charge on any atom is -0.616 e. The normalized spacial score (nSPS) is 16.5. The van der Waals surface area contributed by atoms with E-state index >= 15 is 0 Å². The Hall–Kier alpha value is -0.620. The van der Waals surface area contributed by atoms with Gasteiger partial charge in [0, 0.05) is 5.69 Å². The minimum atomic E-state index is -0.740. The average molecular weight is 322 g/mol. The van der Waals surface area contributed by atoms with Crippen molar-refractivity contribution in [3.63, 3.8) is 0 Å². The number of nitrogens with zero attached hydrogens (tertiary/aromatic N) is 1. The Labute approximate surface area is 124 Å². The quantitative estimate of drug-likeness (QED) is 0.619. The maximum atomic E-state index is 11.5. The van der Waals surface area contributed by atoms with Crippen LogP contribution in [0.1, 0.15) is 10.4 Å². The number of esters is 1. The van der Waals surface area contributed by atoms with Crippen LogP contribution in [0, 0.1) is 0 Å². The summed E-state index contributed by atoms with van der Waals surface area (Å²) in [5.41, 5.74) is 1.01. The zero-order valence-corrected chi connectivity index (χ0v) is 12.6. The molecule has 0 atom stereocenters. The van der Waals surface area contributed by atoms with Gasteiger partial charge in [-0.05, 0) is 12.1 Å². The molecule has 1 aromatic rings. The number of halogens is 2.